The van der Waals surface area contributed by atoms with Crippen LogP contribution in [0.2, 0.25) is 5.02 Å². The summed E-state index contributed by atoms with van der Waals surface area (Å²) in [5.41, 5.74) is -1.13. The molecule has 0 radical (unpaired) electrons. The SMILES string of the molecule is CC(OC(=O)CCN1C(=O)C(C)Oc2ccccc21)C(=O)Nc1ccc(Cl)cc1C(F)(F)F. The van der Waals surface area contributed by atoms with Gasteiger partial charge in [0.2, 0.25) is 0 Å². The maximum absolute atomic E-state index is 13.2. The van der Waals surface area contributed by atoms with Gasteiger partial charge in [-0.05, 0) is 44.2 Å². The quantitative estimate of drug-likeness (QED) is 0.613. The topological polar surface area (TPSA) is 84.9 Å². The third-order valence-electron chi connectivity index (χ3n) is 4.84. The number of rotatable bonds is 6. The van der Waals surface area contributed by atoms with Crippen LogP contribution in [0.1, 0.15) is 25.8 Å². The largest absolute Gasteiger partial charge is 0.479 e. The van der Waals surface area contributed by atoms with E-state index in [1.807, 2.05) is 0 Å². The van der Waals surface area contributed by atoms with E-state index in [0.29, 0.717) is 17.5 Å². The van der Waals surface area contributed by atoms with Crippen LogP contribution >= 0.6 is 11.6 Å². The lowest BCUT2D eigenvalue weighted by Gasteiger charge is -2.32. The number of hydrogen-bond acceptors (Lipinski definition) is 5. The molecular formula is C22H20ClF3N2O5. The van der Waals surface area contributed by atoms with Crippen molar-refractivity contribution in [3.8, 4) is 5.75 Å². The van der Waals surface area contributed by atoms with Crippen molar-refractivity contribution in [2.24, 2.45) is 0 Å². The van der Waals surface area contributed by atoms with E-state index in [1.54, 1.807) is 31.2 Å². The number of carbonyl (C=O) groups excluding carboxylic acids is 3. The van der Waals surface area contributed by atoms with Crippen molar-refractivity contribution < 1.29 is 37.0 Å². The number of nitrogens with zero attached hydrogens (tertiary/aromatic N) is 1. The molecular weight excluding hydrogens is 465 g/mol. The Morgan fingerprint density at radius 2 is 1.94 bits per heavy atom. The van der Waals surface area contributed by atoms with Gasteiger partial charge in [-0.1, -0.05) is 23.7 Å². The first kappa shape index (κ1) is 24.4. The van der Waals surface area contributed by atoms with Crippen LogP contribution in [0.3, 0.4) is 0 Å². The molecule has 2 amide bonds. The first-order valence-electron chi connectivity index (χ1n) is 9.91. The Morgan fingerprint density at radius 3 is 2.64 bits per heavy atom. The zero-order valence-corrected chi connectivity index (χ0v) is 18.4. The Morgan fingerprint density at radius 1 is 1.24 bits per heavy atom. The fourth-order valence-corrected chi connectivity index (χ4v) is 3.37. The molecule has 3 rings (SSSR count). The standard InChI is InChI=1S/C22H20ClF3N2O5/c1-12(20(30)27-16-8-7-14(23)11-15(16)22(24,25)26)33-19(29)9-10-28-17-5-3-4-6-18(17)32-13(2)21(28)31/h3-8,11-13H,9-10H2,1-2H3,(H,27,30). The summed E-state index contributed by atoms with van der Waals surface area (Å²) < 4.78 is 50.2. The van der Waals surface area contributed by atoms with Crippen molar-refractivity contribution in [2.45, 2.75) is 38.7 Å². The average molecular weight is 485 g/mol. The number of hydrogen-bond donors (Lipinski definition) is 1. The molecule has 0 bridgehead atoms. The van der Waals surface area contributed by atoms with E-state index in [-0.39, 0.29) is 23.9 Å². The van der Waals surface area contributed by atoms with E-state index in [1.165, 1.54) is 17.9 Å². The second kappa shape index (κ2) is 9.70. The van der Waals surface area contributed by atoms with Crippen molar-refractivity contribution in [2.75, 3.05) is 16.8 Å². The normalized spacial score (nSPS) is 16.5. The van der Waals surface area contributed by atoms with Crippen LogP contribution in [-0.4, -0.2) is 36.5 Å². The number of anilines is 2. The molecule has 7 nitrogen and oxygen atoms in total. The number of carbonyl (C=O) groups is 3. The lowest BCUT2D eigenvalue weighted by atomic mass is 10.1. The van der Waals surface area contributed by atoms with Crippen LogP contribution in [0.25, 0.3) is 0 Å². The number of fused-ring (bicyclic) bond motifs is 1. The second-order valence-corrected chi connectivity index (χ2v) is 7.71. The summed E-state index contributed by atoms with van der Waals surface area (Å²) in [5, 5.41) is 1.96. The molecule has 2 aromatic rings. The number of halogens is 4. The van der Waals surface area contributed by atoms with Gasteiger partial charge in [0.05, 0.1) is 23.4 Å². The number of amides is 2. The van der Waals surface area contributed by atoms with Gasteiger partial charge in [-0.2, -0.15) is 13.2 Å². The molecule has 0 fully saturated rings. The number of ether oxygens (including phenoxy) is 2. The Hall–Kier alpha value is -3.27. The molecule has 1 aliphatic heterocycles. The maximum Gasteiger partial charge on any atom is 0.418 e. The lowest BCUT2D eigenvalue weighted by Crippen LogP contribution is -2.45. The minimum absolute atomic E-state index is 0.0217. The van der Waals surface area contributed by atoms with Crippen LogP contribution in [0.4, 0.5) is 24.5 Å². The molecule has 1 aliphatic rings. The highest BCUT2D eigenvalue weighted by Crippen LogP contribution is 2.37. The predicted molar refractivity (Wildman–Crippen MR) is 114 cm³/mol. The monoisotopic (exact) mass is 484 g/mol. The fraction of sp³-hybridized carbons (Fsp3) is 0.318. The molecule has 1 N–H and O–H groups in total. The Balaban J connectivity index is 1.60. The highest BCUT2D eigenvalue weighted by atomic mass is 35.5. The lowest BCUT2D eigenvalue weighted by molar-refractivity contribution is -0.153. The van der Waals surface area contributed by atoms with E-state index in [2.05, 4.69) is 5.32 Å². The van der Waals surface area contributed by atoms with Gasteiger partial charge in [0.25, 0.3) is 11.8 Å². The smallest absolute Gasteiger partial charge is 0.418 e. The maximum atomic E-state index is 13.2. The summed E-state index contributed by atoms with van der Waals surface area (Å²) in [6.45, 7) is 2.79. The molecule has 176 valence electrons. The van der Waals surface area contributed by atoms with E-state index in [9.17, 15) is 27.6 Å². The summed E-state index contributed by atoms with van der Waals surface area (Å²) in [6, 6.07) is 9.73. The van der Waals surface area contributed by atoms with Gasteiger partial charge in [-0.3, -0.25) is 14.4 Å². The summed E-state index contributed by atoms with van der Waals surface area (Å²) in [4.78, 5) is 38.4. The molecule has 2 aromatic carbocycles. The van der Waals surface area contributed by atoms with Crippen molar-refractivity contribution >= 4 is 40.8 Å². The number of para-hydroxylation sites is 2. The summed E-state index contributed by atoms with van der Waals surface area (Å²) in [5.74, 6) is -1.59. The van der Waals surface area contributed by atoms with Gasteiger partial charge in [-0.15, -0.1) is 0 Å². The van der Waals surface area contributed by atoms with E-state index < -0.39 is 41.5 Å². The van der Waals surface area contributed by atoms with Gasteiger partial charge in [0.15, 0.2) is 12.2 Å². The minimum atomic E-state index is -4.74. The van der Waals surface area contributed by atoms with Crippen LogP contribution in [-0.2, 0) is 25.3 Å². The molecule has 0 saturated carbocycles. The first-order valence-corrected chi connectivity index (χ1v) is 10.3. The summed E-state index contributed by atoms with van der Waals surface area (Å²) in [6.07, 6.45) is -7.09. The number of benzene rings is 2. The molecule has 11 heteroatoms. The molecule has 0 spiro atoms. The zero-order chi connectivity index (χ0) is 24.3. The number of alkyl halides is 3. The van der Waals surface area contributed by atoms with E-state index in [0.717, 1.165) is 6.07 Å². The highest BCUT2D eigenvalue weighted by Gasteiger charge is 2.35. The van der Waals surface area contributed by atoms with Crippen molar-refractivity contribution in [3.05, 3.63) is 53.1 Å². The molecule has 0 aromatic heterocycles. The molecule has 0 saturated heterocycles. The van der Waals surface area contributed by atoms with Crippen molar-refractivity contribution in [1.82, 2.24) is 0 Å². The third kappa shape index (κ3) is 5.75. The van der Waals surface area contributed by atoms with E-state index in [4.69, 9.17) is 21.1 Å². The average Bonchev–Trinajstić information content (AvgIpc) is 2.74. The van der Waals surface area contributed by atoms with Gasteiger partial charge < -0.3 is 19.7 Å². The summed E-state index contributed by atoms with van der Waals surface area (Å²) >= 11 is 5.62. The second-order valence-electron chi connectivity index (χ2n) is 7.28. The summed E-state index contributed by atoms with van der Waals surface area (Å²) in [7, 11) is 0. The highest BCUT2D eigenvalue weighted by molar-refractivity contribution is 6.30. The van der Waals surface area contributed by atoms with Crippen molar-refractivity contribution in [1.29, 1.82) is 0 Å². The first-order chi connectivity index (χ1) is 15.5. The minimum Gasteiger partial charge on any atom is -0.479 e. The fourth-order valence-electron chi connectivity index (χ4n) is 3.20. The van der Waals surface area contributed by atoms with Crippen LogP contribution in [0, 0.1) is 0 Å². The predicted octanol–water partition coefficient (Wildman–Crippen LogP) is 4.43. The van der Waals surface area contributed by atoms with Gasteiger partial charge in [0, 0.05) is 11.6 Å². The van der Waals surface area contributed by atoms with Gasteiger partial charge in [-0.25, -0.2) is 0 Å². The Bertz CT molecular complexity index is 1080. The number of esters is 1. The van der Waals surface area contributed by atoms with Gasteiger partial charge >= 0.3 is 12.1 Å². The molecule has 33 heavy (non-hydrogen) atoms. The Kier molecular flexibility index (Phi) is 7.16. The molecule has 1 heterocycles. The Labute approximate surface area is 192 Å². The van der Waals surface area contributed by atoms with Crippen LogP contribution < -0.4 is 15.0 Å². The molecule has 2 atom stereocenters. The van der Waals surface area contributed by atoms with Gasteiger partial charge in [0.1, 0.15) is 5.75 Å². The van der Waals surface area contributed by atoms with Crippen LogP contribution in [0.15, 0.2) is 42.5 Å². The van der Waals surface area contributed by atoms with Crippen LogP contribution in [0.5, 0.6) is 5.75 Å². The molecule has 0 aliphatic carbocycles. The third-order valence-corrected chi connectivity index (χ3v) is 5.07. The molecule has 2 unspecified atom stereocenters. The van der Waals surface area contributed by atoms with E-state index >= 15 is 0 Å². The zero-order valence-electron chi connectivity index (χ0n) is 17.6. The number of nitrogens with one attached hydrogen (secondary N) is 1. The van der Waals surface area contributed by atoms with Crippen molar-refractivity contribution in [3.63, 3.8) is 0 Å².